The Bertz CT molecular complexity index is 4060. The molecule has 0 aliphatic heterocycles. The molecule has 0 saturated heterocycles. The van der Waals surface area contributed by atoms with Crippen LogP contribution in [0.15, 0.2) is 186 Å². The topological polar surface area (TPSA) is 48.3 Å². The Labute approximate surface area is 335 Å². The monoisotopic (exact) mass is 750 g/mol. The molecule has 0 fully saturated rings. The van der Waals surface area contributed by atoms with Crippen LogP contribution in [-0.2, 0) is 0 Å². The van der Waals surface area contributed by atoms with Crippen LogP contribution in [0.1, 0.15) is 0 Å². The summed E-state index contributed by atoms with van der Waals surface area (Å²) < 4.78 is 11.7. The van der Waals surface area contributed by atoms with E-state index in [0.717, 1.165) is 87.8 Å². The Kier molecular flexibility index (Phi) is 5.96. The molecular weight excluding hydrogens is 721 g/mol. The fourth-order valence-corrected chi connectivity index (χ4v) is 10.1. The van der Waals surface area contributed by atoms with Gasteiger partial charge in [0.15, 0.2) is 5.58 Å². The Morgan fingerprint density at radius 2 is 1.05 bits per heavy atom. The van der Waals surface area contributed by atoms with E-state index in [9.17, 15) is 0 Å². The van der Waals surface area contributed by atoms with Crippen LogP contribution in [0.4, 0.5) is 0 Å². The van der Waals surface area contributed by atoms with E-state index < -0.39 is 0 Å². The maximum Gasteiger partial charge on any atom is 0.235 e. The molecule has 14 rings (SSSR count). The standard InChI is InChI=1S/C54H30N4O/c1-2-12-31(13-3-1)32-24-26-34(27-25-32)49-41-29-28-33-14-4-5-15-35(33)50(41)56-54(55-49)58-44-22-11-18-38-40-20-10-19-39-36-16-6-8-21-43(36)57(51(39)40)45-30-42-37-17-7-9-23-46(37)59-53(42)52(58)48(45)47(38)44/h1-30H. The number of benzene rings is 9. The van der Waals surface area contributed by atoms with Crippen molar-refractivity contribution >= 4 is 104 Å². The fraction of sp³-hybridized carbons (Fsp3) is 0. The van der Waals surface area contributed by atoms with Gasteiger partial charge in [0.1, 0.15) is 11.1 Å². The molecule has 9 aromatic carbocycles. The molecular formula is C54H30N4O. The Morgan fingerprint density at radius 1 is 0.390 bits per heavy atom. The number of para-hydroxylation sites is 3. The summed E-state index contributed by atoms with van der Waals surface area (Å²) in [6.45, 7) is 0. The molecule has 0 atom stereocenters. The molecule has 5 heteroatoms. The highest BCUT2D eigenvalue weighted by molar-refractivity contribution is 6.35. The second-order valence-corrected chi connectivity index (χ2v) is 15.7. The Morgan fingerprint density at radius 3 is 1.93 bits per heavy atom. The minimum absolute atomic E-state index is 0.600. The number of rotatable bonds is 3. The Balaban J connectivity index is 1.20. The van der Waals surface area contributed by atoms with Crippen LogP contribution in [0.2, 0.25) is 0 Å². The summed E-state index contributed by atoms with van der Waals surface area (Å²) in [5.74, 6) is 0.600. The van der Waals surface area contributed by atoms with Gasteiger partial charge in [-0.25, -0.2) is 9.97 Å². The van der Waals surface area contributed by atoms with Gasteiger partial charge in [0.25, 0.3) is 0 Å². The van der Waals surface area contributed by atoms with Crippen LogP contribution >= 0.6 is 0 Å². The van der Waals surface area contributed by atoms with Crippen molar-refractivity contribution in [1.82, 2.24) is 18.9 Å². The highest BCUT2D eigenvalue weighted by atomic mass is 16.3. The van der Waals surface area contributed by atoms with E-state index in [0.29, 0.717) is 5.95 Å². The summed E-state index contributed by atoms with van der Waals surface area (Å²) in [5, 5.41) is 12.5. The van der Waals surface area contributed by atoms with E-state index in [1.165, 1.54) is 38.1 Å². The third-order valence-corrected chi connectivity index (χ3v) is 12.7. The largest absolute Gasteiger partial charge is 0.454 e. The molecule has 5 aromatic heterocycles. The maximum atomic E-state index is 6.98. The van der Waals surface area contributed by atoms with Crippen LogP contribution in [0.25, 0.3) is 132 Å². The van der Waals surface area contributed by atoms with Gasteiger partial charge in [0.2, 0.25) is 5.95 Å². The number of furan rings is 1. The molecule has 272 valence electrons. The van der Waals surface area contributed by atoms with Crippen LogP contribution in [0.5, 0.6) is 0 Å². The SMILES string of the molecule is c1ccc(-c2ccc(-c3nc(-n4c5cccc6c7cccc8c9ccccc9n(c9cc%10c%11ccccc%11oc%10c4c9c65)c78)nc4c3ccc3ccccc34)cc2)cc1. The second-order valence-electron chi connectivity index (χ2n) is 15.7. The zero-order valence-corrected chi connectivity index (χ0v) is 31.5. The molecule has 0 saturated carbocycles. The fourth-order valence-electron chi connectivity index (χ4n) is 10.1. The lowest BCUT2D eigenvalue weighted by Gasteiger charge is -2.14. The summed E-state index contributed by atoms with van der Waals surface area (Å²) in [4.78, 5) is 11.2. The quantitative estimate of drug-likeness (QED) is 0.169. The van der Waals surface area contributed by atoms with Crippen molar-refractivity contribution in [3.63, 3.8) is 0 Å². The van der Waals surface area contributed by atoms with Crippen molar-refractivity contribution in [2.45, 2.75) is 0 Å². The third kappa shape index (κ3) is 4.08. The molecule has 0 aliphatic carbocycles. The third-order valence-electron chi connectivity index (χ3n) is 12.7. The Hall–Kier alpha value is -8.02. The first-order valence-electron chi connectivity index (χ1n) is 20.1. The highest BCUT2D eigenvalue weighted by Gasteiger charge is 2.27. The summed E-state index contributed by atoms with van der Waals surface area (Å²) in [6, 6.07) is 65.1. The molecule has 0 spiro atoms. The van der Waals surface area contributed by atoms with Gasteiger partial charge >= 0.3 is 0 Å². The predicted molar refractivity (Wildman–Crippen MR) is 244 cm³/mol. The van der Waals surface area contributed by atoms with E-state index in [-0.39, 0.29) is 0 Å². The average Bonchev–Trinajstić information content (AvgIpc) is 3.94. The molecule has 14 aromatic rings. The van der Waals surface area contributed by atoms with E-state index in [1.54, 1.807) is 0 Å². The summed E-state index contributed by atoms with van der Waals surface area (Å²) in [5.41, 5.74) is 12.3. The molecule has 5 heterocycles. The molecule has 5 nitrogen and oxygen atoms in total. The minimum atomic E-state index is 0.600. The van der Waals surface area contributed by atoms with Gasteiger partial charge in [-0.3, -0.25) is 4.57 Å². The van der Waals surface area contributed by atoms with Crippen molar-refractivity contribution < 1.29 is 4.42 Å². The number of nitrogens with zero attached hydrogens (tertiary/aromatic N) is 4. The van der Waals surface area contributed by atoms with Gasteiger partial charge in [-0.2, -0.15) is 0 Å². The van der Waals surface area contributed by atoms with Gasteiger partial charge in [-0.05, 0) is 52.2 Å². The normalized spacial score (nSPS) is 12.4. The van der Waals surface area contributed by atoms with E-state index in [2.05, 4.69) is 185 Å². The number of hydrogen-bond donors (Lipinski definition) is 0. The van der Waals surface area contributed by atoms with Gasteiger partial charge in [-0.1, -0.05) is 152 Å². The van der Waals surface area contributed by atoms with E-state index in [1.807, 2.05) is 6.07 Å². The second kappa shape index (κ2) is 11.3. The van der Waals surface area contributed by atoms with Gasteiger partial charge in [-0.15, -0.1) is 0 Å². The lowest BCUT2D eigenvalue weighted by Crippen LogP contribution is -2.04. The van der Waals surface area contributed by atoms with Crippen molar-refractivity contribution in [3.05, 3.63) is 182 Å². The van der Waals surface area contributed by atoms with Gasteiger partial charge in [0, 0.05) is 54.0 Å². The van der Waals surface area contributed by atoms with Gasteiger partial charge < -0.3 is 8.82 Å². The predicted octanol–water partition coefficient (Wildman–Crippen LogP) is 14.3. The number of hydrogen-bond acceptors (Lipinski definition) is 3. The van der Waals surface area contributed by atoms with Crippen molar-refractivity contribution in [1.29, 1.82) is 0 Å². The molecule has 0 amide bonds. The van der Waals surface area contributed by atoms with E-state index >= 15 is 0 Å². The molecule has 0 radical (unpaired) electrons. The lowest BCUT2D eigenvalue weighted by molar-refractivity contribution is 0.671. The maximum absolute atomic E-state index is 6.98. The van der Waals surface area contributed by atoms with Crippen LogP contribution in [-0.4, -0.2) is 18.9 Å². The van der Waals surface area contributed by atoms with Crippen molar-refractivity contribution in [3.8, 4) is 28.3 Å². The zero-order chi connectivity index (χ0) is 38.3. The molecule has 0 unspecified atom stereocenters. The lowest BCUT2D eigenvalue weighted by atomic mass is 9.99. The summed E-state index contributed by atoms with van der Waals surface area (Å²) >= 11 is 0. The molecule has 59 heavy (non-hydrogen) atoms. The van der Waals surface area contributed by atoms with Crippen molar-refractivity contribution in [2.75, 3.05) is 0 Å². The van der Waals surface area contributed by atoms with Crippen LogP contribution in [0.3, 0.4) is 0 Å². The first kappa shape index (κ1) is 31.1. The minimum Gasteiger partial charge on any atom is -0.454 e. The number of aromatic nitrogens is 4. The van der Waals surface area contributed by atoms with Gasteiger partial charge in [0.05, 0.1) is 33.3 Å². The zero-order valence-electron chi connectivity index (χ0n) is 31.5. The first-order valence-corrected chi connectivity index (χ1v) is 20.1. The van der Waals surface area contributed by atoms with E-state index in [4.69, 9.17) is 14.4 Å². The molecule has 0 N–H and O–H groups in total. The van der Waals surface area contributed by atoms with Crippen molar-refractivity contribution in [2.24, 2.45) is 0 Å². The van der Waals surface area contributed by atoms with Crippen LogP contribution in [0, 0.1) is 0 Å². The summed E-state index contributed by atoms with van der Waals surface area (Å²) in [7, 11) is 0. The molecule has 0 bridgehead atoms. The highest BCUT2D eigenvalue weighted by Crippen LogP contribution is 2.48. The first-order chi connectivity index (χ1) is 29.3. The summed E-state index contributed by atoms with van der Waals surface area (Å²) in [6.07, 6.45) is 0. The number of fused-ring (bicyclic) bond motifs is 12. The molecule has 0 aliphatic rings. The smallest absolute Gasteiger partial charge is 0.235 e. The van der Waals surface area contributed by atoms with Crippen LogP contribution < -0.4 is 0 Å². The average molecular weight is 751 g/mol.